The molecule has 2 aromatic rings. The number of hydrogen-bond donors (Lipinski definition) is 3. The van der Waals surface area contributed by atoms with Gasteiger partial charge < -0.3 is 16.6 Å². The van der Waals surface area contributed by atoms with E-state index in [0.29, 0.717) is 19.4 Å². The summed E-state index contributed by atoms with van der Waals surface area (Å²) in [5, 5.41) is 10.0. The fraction of sp³-hybridized carbons (Fsp3) is 0.250. The zero-order valence-corrected chi connectivity index (χ0v) is 13.8. The molecule has 1 aromatic carbocycles. The number of carboxylic acids is 1. The van der Waals surface area contributed by atoms with Crippen LogP contribution < -0.4 is 11.5 Å². The van der Waals surface area contributed by atoms with E-state index in [1.165, 1.54) is 6.21 Å². The normalized spacial score (nSPS) is 12.8. The number of carbonyl (C=O) groups is 1. The monoisotopic (exact) mass is 345 g/mol. The van der Waals surface area contributed by atoms with Crippen LogP contribution in [0, 0.1) is 0 Å². The molecule has 7 nitrogen and oxygen atoms in total. The first-order chi connectivity index (χ1) is 11.6. The molecule has 1 aromatic heterocycles. The summed E-state index contributed by atoms with van der Waals surface area (Å²) in [6.45, 7) is 0.392. The molecular formula is C16H19N5O2S. The van der Waals surface area contributed by atoms with Gasteiger partial charge in [-0.05, 0) is 37.1 Å². The number of thiazole rings is 1. The molecule has 0 saturated heterocycles. The predicted octanol–water partition coefficient (Wildman–Crippen LogP) is 1.89. The maximum absolute atomic E-state index is 11.2. The van der Waals surface area contributed by atoms with Gasteiger partial charge >= 0.3 is 5.97 Å². The molecule has 126 valence electrons. The largest absolute Gasteiger partial charge is 0.480 e. The van der Waals surface area contributed by atoms with Crippen LogP contribution in [0.25, 0.3) is 16.3 Å². The van der Waals surface area contributed by atoms with Gasteiger partial charge in [0.1, 0.15) is 11.0 Å². The Morgan fingerprint density at radius 3 is 2.88 bits per heavy atom. The molecule has 0 radical (unpaired) electrons. The third kappa shape index (κ3) is 5.47. The van der Waals surface area contributed by atoms with Gasteiger partial charge in [-0.3, -0.25) is 9.98 Å². The van der Waals surface area contributed by atoms with E-state index in [2.05, 4.69) is 15.0 Å². The number of carboxylic acid groups (broad SMARTS) is 1. The van der Waals surface area contributed by atoms with Gasteiger partial charge in [-0.25, -0.2) is 9.78 Å². The molecule has 0 aliphatic heterocycles. The van der Waals surface area contributed by atoms with Crippen molar-refractivity contribution in [2.24, 2.45) is 21.5 Å². The molecule has 8 heteroatoms. The quantitative estimate of drug-likeness (QED) is 0.382. The van der Waals surface area contributed by atoms with Crippen LogP contribution >= 0.6 is 11.3 Å². The lowest BCUT2D eigenvalue weighted by Crippen LogP contribution is -2.23. The number of aromatic nitrogens is 1. The van der Waals surface area contributed by atoms with Crippen molar-refractivity contribution >= 4 is 45.8 Å². The summed E-state index contributed by atoms with van der Waals surface area (Å²) in [5.74, 6) is -0.964. The average molecular weight is 345 g/mol. The van der Waals surface area contributed by atoms with Crippen molar-refractivity contribution in [2.45, 2.75) is 18.9 Å². The molecule has 0 bridgehead atoms. The number of hydrogen-bond acceptors (Lipinski definition) is 5. The van der Waals surface area contributed by atoms with Crippen molar-refractivity contribution in [3.05, 3.63) is 35.3 Å². The Balaban J connectivity index is 1.91. The summed E-state index contributed by atoms with van der Waals surface area (Å²) in [6.07, 6.45) is 5.92. The average Bonchev–Trinajstić information content (AvgIpc) is 2.95. The highest BCUT2D eigenvalue weighted by atomic mass is 32.1. The molecule has 0 fully saturated rings. The minimum Gasteiger partial charge on any atom is -0.480 e. The number of aliphatic imine (C=N–C) groups is 2. The molecule has 0 aliphatic rings. The number of fused-ring (bicyclic) bond motifs is 1. The first-order valence-corrected chi connectivity index (χ1v) is 8.21. The summed E-state index contributed by atoms with van der Waals surface area (Å²) in [4.78, 5) is 23.5. The van der Waals surface area contributed by atoms with E-state index in [9.17, 15) is 4.79 Å². The van der Waals surface area contributed by atoms with E-state index in [-0.39, 0.29) is 5.96 Å². The van der Waals surface area contributed by atoms with E-state index in [1.807, 2.05) is 30.3 Å². The van der Waals surface area contributed by atoms with Gasteiger partial charge in [0.05, 0.1) is 10.2 Å². The second-order valence-electron chi connectivity index (χ2n) is 4.98. The van der Waals surface area contributed by atoms with Gasteiger partial charge in [-0.1, -0.05) is 12.1 Å². The topological polar surface area (TPSA) is 127 Å². The zero-order valence-electron chi connectivity index (χ0n) is 13.0. The summed E-state index contributed by atoms with van der Waals surface area (Å²) >= 11 is 1.57. The highest BCUT2D eigenvalue weighted by Gasteiger charge is 2.13. The maximum Gasteiger partial charge on any atom is 0.328 e. The van der Waals surface area contributed by atoms with Crippen LogP contribution in [0.1, 0.15) is 17.8 Å². The van der Waals surface area contributed by atoms with Gasteiger partial charge in [0.25, 0.3) is 0 Å². The Bertz CT molecular complexity index is 745. The summed E-state index contributed by atoms with van der Waals surface area (Å²) in [7, 11) is 0. The third-order valence-electron chi connectivity index (χ3n) is 3.12. The lowest BCUT2D eigenvalue weighted by atomic mass is 10.1. The van der Waals surface area contributed by atoms with Crippen LogP contribution in [-0.2, 0) is 4.79 Å². The molecule has 0 saturated carbocycles. The summed E-state index contributed by atoms with van der Waals surface area (Å²) in [6, 6.07) is 7.06. The smallest absolute Gasteiger partial charge is 0.328 e. The van der Waals surface area contributed by atoms with Crippen molar-refractivity contribution in [3.63, 3.8) is 0 Å². The number of allylic oxidation sites excluding steroid dienone is 1. The Morgan fingerprint density at radius 1 is 1.38 bits per heavy atom. The minimum atomic E-state index is -0.968. The van der Waals surface area contributed by atoms with E-state index in [0.717, 1.165) is 15.2 Å². The van der Waals surface area contributed by atoms with Crippen LogP contribution in [0.4, 0.5) is 0 Å². The number of rotatable bonds is 8. The van der Waals surface area contributed by atoms with Gasteiger partial charge in [-0.2, -0.15) is 0 Å². The second-order valence-corrected chi connectivity index (χ2v) is 6.04. The SMILES string of the molecule is NC(N)=NCCC[C@H](N=C/C=C/c1nc2ccccc2s1)C(=O)O. The molecular weight excluding hydrogens is 326 g/mol. The van der Waals surface area contributed by atoms with Gasteiger partial charge in [0, 0.05) is 12.8 Å². The molecule has 24 heavy (non-hydrogen) atoms. The number of para-hydroxylation sites is 1. The van der Waals surface area contributed by atoms with Crippen LogP contribution in [0.2, 0.25) is 0 Å². The summed E-state index contributed by atoms with van der Waals surface area (Å²) in [5.41, 5.74) is 11.4. The van der Waals surface area contributed by atoms with Gasteiger partial charge in [0.15, 0.2) is 5.96 Å². The molecule has 1 atom stereocenters. The van der Waals surface area contributed by atoms with E-state index >= 15 is 0 Å². The van der Waals surface area contributed by atoms with Crippen LogP contribution in [0.15, 0.2) is 40.3 Å². The maximum atomic E-state index is 11.2. The summed E-state index contributed by atoms with van der Waals surface area (Å²) < 4.78 is 1.11. The first-order valence-electron chi connectivity index (χ1n) is 7.40. The van der Waals surface area contributed by atoms with Crippen molar-refractivity contribution < 1.29 is 9.90 Å². The number of nitrogens with zero attached hydrogens (tertiary/aromatic N) is 3. The highest BCUT2D eigenvalue weighted by Crippen LogP contribution is 2.22. The van der Waals surface area contributed by atoms with Crippen molar-refractivity contribution in [1.82, 2.24) is 4.98 Å². The lowest BCUT2D eigenvalue weighted by molar-refractivity contribution is -0.138. The Hall–Kier alpha value is -2.74. The Kier molecular flexibility index (Phi) is 6.44. The Morgan fingerprint density at radius 2 is 2.17 bits per heavy atom. The van der Waals surface area contributed by atoms with Gasteiger partial charge in [-0.15, -0.1) is 11.3 Å². The molecule has 0 aliphatic carbocycles. The molecule has 2 rings (SSSR count). The first kappa shape index (κ1) is 17.6. The number of guanidine groups is 1. The molecule has 0 amide bonds. The van der Waals surface area contributed by atoms with Crippen LogP contribution in [0.3, 0.4) is 0 Å². The van der Waals surface area contributed by atoms with E-state index in [1.54, 1.807) is 17.4 Å². The molecule has 0 spiro atoms. The van der Waals surface area contributed by atoms with Crippen molar-refractivity contribution in [3.8, 4) is 0 Å². The van der Waals surface area contributed by atoms with Crippen LogP contribution in [0.5, 0.6) is 0 Å². The van der Waals surface area contributed by atoms with Crippen molar-refractivity contribution in [2.75, 3.05) is 6.54 Å². The predicted molar refractivity (Wildman–Crippen MR) is 98.5 cm³/mol. The lowest BCUT2D eigenvalue weighted by Gasteiger charge is -2.05. The standard InChI is InChI=1S/C16H19N5O2S/c17-16(18)20-10-3-6-12(15(22)23)19-9-4-8-14-21-11-5-1-2-7-13(11)24-14/h1-2,4-5,7-9,12H,3,6,10H2,(H,22,23)(H4,17,18,20)/b8-4+,19-9?/t12-/m0/s1. The number of benzene rings is 1. The van der Waals surface area contributed by atoms with E-state index < -0.39 is 12.0 Å². The van der Waals surface area contributed by atoms with Crippen molar-refractivity contribution in [1.29, 1.82) is 0 Å². The fourth-order valence-corrected chi connectivity index (χ4v) is 2.88. The zero-order chi connectivity index (χ0) is 17.4. The van der Waals surface area contributed by atoms with Gasteiger partial charge in [0.2, 0.25) is 0 Å². The van der Waals surface area contributed by atoms with E-state index in [4.69, 9.17) is 16.6 Å². The molecule has 5 N–H and O–H groups in total. The second kappa shape index (κ2) is 8.78. The molecule has 0 unspecified atom stereocenters. The number of aliphatic carboxylic acids is 1. The third-order valence-corrected chi connectivity index (χ3v) is 4.12. The Labute approximate surface area is 143 Å². The minimum absolute atomic E-state index is 0.00384. The fourth-order valence-electron chi connectivity index (χ4n) is 1.99. The highest BCUT2D eigenvalue weighted by molar-refractivity contribution is 7.19. The molecule has 1 heterocycles. The van der Waals surface area contributed by atoms with Crippen LogP contribution in [-0.4, -0.2) is 40.8 Å². The number of nitrogens with two attached hydrogens (primary N) is 2.